The topological polar surface area (TPSA) is 50.9 Å². The summed E-state index contributed by atoms with van der Waals surface area (Å²) < 4.78 is 0. The van der Waals surface area contributed by atoms with Crippen molar-refractivity contribution in [2.24, 2.45) is 5.84 Å². The molecular weight excluding hydrogens is 254 g/mol. The summed E-state index contributed by atoms with van der Waals surface area (Å²) in [7, 11) is 0. The molecule has 0 aliphatic carbocycles. The normalized spacial score (nSPS) is 12.6. The third-order valence-electron chi connectivity index (χ3n) is 2.57. The third kappa shape index (κ3) is 3.04. The van der Waals surface area contributed by atoms with E-state index in [0.717, 1.165) is 26.9 Å². The Balaban J connectivity index is 2.18. The van der Waals surface area contributed by atoms with E-state index in [1.165, 1.54) is 0 Å². The second-order valence-corrected chi connectivity index (χ2v) is 5.47. The van der Waals surface area contributed by atoms with Crippen LogP contribution in [0.3, 0.4) is 0 Å². The number of hydrogen-bond donors (Lipinski definition) is 2. The summed E-state index contributed by atoms with van der Waals surface area (Å²) in [5.41, 5.74) is 3.91. The quantitative estimate of drug-likeness (QED) is 0.662. The summed E-state index contributed by atoms with van der Waals surface area (Å²) in [4.78, 5) is 5.37. The molecule has 90 valence electrons. The highest BCUT2D eigenvalue weighted by Crippen LogP contribution is 2.26. The molecule has 2 rings (SSSR count). The zero-order valence-corrected chi connectivity index (χ0v) is 11.1. The Morgan fingerprint density at radius 1 is 1.47 bits per heavy atom. The maximum Gasteiger partial charge on any atom is 0.0897 e. The van der Waals surface area contributed by atoms with E-state index in [1.807, 2.05) is 37.4 Å². The van der Waals surface area contributed by atoms with Gasteiger partial charge in [-0.15, -0.1) is 11.3 Å². The predicted octanol–water partition coefficient (Wildman–Crippen LogP) is 2.85. The molecule has 1 atom stereocenters. The van der Waals surface area contributed by atoms with Crippen molar-refractivity contribution in [3.05, 3.63) is 50.9 Å². The number of hydrazine groups is 1. The van der Waals surface area contributed by atoms with Crippen LogP contribution in [0.2, 0.25) is 5.02 Å². The van der Waals surface area contributed by atoms with Crippen molar-refractivity contribution in [2.75, 3.05) is 0 Å². The highest BCUT2D eigenvalue weighted by Gasteiger charge is 2.14. The van der Waals surface area contributed by atoms with Gasteiger partial charge < -0.3 is 0 Å². The molecule has 1 aromatic carbocycles. The number of hydrogen-bond acceptors (Lipinski definition) is 4. The van der Waals surface area contributed by atoms with Gasteiger partial charge in [0.1, 0.15) is 0 Å². The van der Waals surface area contributed by atoms with Gasteiger partial charge in [-0.25, -0.2) is 4.98 Å². The van der Waals surface area contributed by atoms with Crippen molar-refractivity contribution >= 4 is 22.9 Å². The zero-order valence-electron chi connectivity index (χ0n) is 9.48. The number of nitrogens with zero attached hydrogens (tertiary/aromatic N) is 1. The lowest BCUT2D eigenvalue weighted by molar-refractivity contribution is 0.560. The smallest absolute Gasteiger partial charge is 0.0897 e. The molecule has 3 nitrogen and oxygen atoms in total. The molecule has 0 aliphatic rings. The Morgan fingerprint density at radius 3 is 2.82 bits per heavy atom. The maximum absolute atomic E-state index is 6.14. The number of benzene rings is 1. The number of nitrogens with one attached hydrogen (secondary N) is 1. The lowest BCUT2D eigenvalue weighted by Gasteiger charge is -2.14. The molecule has 1 unspecified atom stereocenters. The molecule has 0 saturated carbocycles. The molecule has 17 heavy (non-hydrogen) atoms. The summed E-state index contributed by atoms with van der Waals surface area (Å²) in [6.07, 6.45) is 2.62. The summed E-state index contributed by atoms with van der Waals surface area (Å²) in [5.74, 6) is 5.60. The number of nitrogens with two attached hydrogens (primary N) is 1. The summed E-state index contributed by atoms with van der Waals surface area (Å²) in [6.45, 7) is 1.98. The van der Waals surface area contributed by atoms with Gasteiger partial charge in [0, 0.05) is 16.1 Å². The number of thiazole rings is 1. The fraction of sp³-hybridized carbons (Fsp3) is 0.250. The van der Waals surface area contributed by atoms with Gasteiger partial charge in [0.15, 0.2) is 0 Å². The molecule has 0 aliphatic heterocycles. The lowest BCUT2D eigenvalue weighted by atomic mass is 10.1. The average molecular weight is 268 g/mol. The van der Waals surface area contributed by atoms with E-state index in [0.29, 0.717) is 0 Å². The van der Waals surface area contributed by atoms with Gasteiger partial charge in [0.25, 0.3) is 0 Å². The third-order valence-corrected chi connectivity index (χ3v) is 3.96. The average Bonchev–Trinajstić information content (AvgIpc) is 2.75. The first-order chi connectivity index (χ1) is 8.20. The Kier molecular flexibility index (Phi) is 4.12. The molecule has 3 N–H and O–H groups in total. The van der Waals surface area contributed by atoms with E-state index in [1.54, 1.807) is 11.3 Å². The minimum Gasteiger partial charge on any atom is -0.271 e. The maximum atomic E-state index is 6.14. The fourth-order valence-corrected chi connectivity index (χ4v) is 2.72. The largest absolute Gasteiger partial charge is 0.271 e. The number of aromatic nitrogens is 1. The van der Waals surface area contributed by atoms with Crippen LogP contribution in [0.5, 0.6) is 0 Å². The van der Waals surface area contributed by atoms with Crippen molar-refractivity contribution in [2.45, 2.75) is 19.4 Å². The summed E-state index contributed by atoms with van der Waals surface area (Å²) in [5, 5.41) is 1.81. The summed E-state index contributed by atoms with van der Waals surface area (Å²) >= 11 is 7.79. The fourth-order valence-electron chi connectivity index (χ4n) is 1.66. The molecular formula is C12H14ClN3S. The molecule has 2 aromatic rings. The van der Waals surface area contributed by atoms with Crippen molar-refractivity contribution in [1.82, 2.24) is 10.4 Å². The van der Waals surface area contributed by atoms with Crippen molar-refractivity contribution in [3.8, 4) is 0 Å². The van der Waals surface area contributed by atoms with Crippen LogP contribution in [0.25, 0.3) is 0 Å². The van der Waals surface area contributed by atoms with Gasteiger partial charge in [-0.2, -0.15) is 0 Å². The number of halogens is 1. The Hall–Kier alpha value is -0.940. The van der Waals surface area contributed by atoms with E-state index in [4.69, 9.17) is 17.4 Å². The molecule has 5 heteroatoms. The van der Waals surface area contributed by atoms with Gasteiger partial charge in [0.05, 0.1) is 11.0 Å². The summed E-state index contributed by atoms with van der Waals surface area (Å²) in [6, 6.07) is 7.87. The van der Waals surface area contributed by atoms with E-state index >= 15 is 0 Å². The predicted molar refractivity (Wildman–Crippen MR) is 72.1 cm³/mol. The van der Waals surface area contributed by atoms with Crippen molar-refractivity contribution < 1.29 is 0 Å². The Morgan fingerprint density at radius 2 is 2.24 bits per heavy atom. The first-order valence-electron chi connectivity index (χ1n) is 5.32. The van der Waals surface area contributed by atoms with Gasteiger partial charge in [-0.1, -0.05) is 29.8 Å². The molecule has 1 heterocycles. The van der Waals surface area contributed by atoms with Crippen LogP contribution in [0.1, 0.15) is 21.5 Å². The van der Waals surface area contributed by atoms with Gasteiger partial charge >= 0.3 is 0 Å². The van der Waals surface area contributed by atoms with Crippen LogP contribution < -0.4 is 11.3 Å². The monoisotopic (exact) mass is 267 g/mol. The highest BCUT2D eigenvalue weighted by molar-refractivity contribution is 7.11. The zero-order chi connectivity index (χ0) is 12.3. The molecule has 0 saturated heterocycles. The van der Waals surface area contributed by atoms with Crippen LogP contribution in [0, 0.1) is 6.92 Å². The van der Waals surface area contributed by atoms with Crippen LogP contribution >= 0.6 is 22.9 Å². The first-order valence-corrected chi connectivity index (χ1v) is 6.52. The molecule has 0 radical (unpaired) electrons. The van der Waals surface area contributed by atoms with Crippen LogP contribution in [0.4, 0.5) is 0 Å². The Bertz CT molecular complexity index is 498. The molecule has 0 spiro atoms. The minimum absolute atomic E-state index is 0.0566. The van der Waals surface area contributed by atoms with Gasteiger partial charge in [-0.3, -0.25) is 11.3 Å². The van der Waals surface area contributed by atoms with Crippen LogP contribution in [-0.2, 0) is 6.42 Å². The Labute approximate surface area is 110 Å². The van der Waals surface area contributed by atoms with Crippen LogP contribution in [0.15, 0.2) is 30.5 Å². The highest BCUT2D eigenvalue weighted by atomic mass is 35.5. The van der Waals surface area contributed by atoms with Crippen LogP contribution in [-0.4, -0.2) is 4.98 Å². The SMILES string of the molecule is Cc1ncc(C(Cc2ccccc2Cl)NN)s1. The number of rotatable bonds is 4. The van der Waals surface area contributed by atoms with E-state index in [2.05, 4.69) is 10.4 Å². The standard InChI is InChI=1S/C12H14ClN3S/c1-8-15-7-12(17-8)11(16-14)6-9-4-2-3-5-10(9)13/h2-5,7,11,16H,6,14H2,1H3. The molecule has 0 amide bonds. The minimum atomic E-state index is 0.0566. The molecule has 1 aromatic heterocycles. The van der Waals surface area contributed by atoms with Crippen molar-refractivity contribution in [1.29, 1.82) is 0 Å². The second kappa shape index (κ2) is 5.60. The van der Waals surface area contributed by atoms with Gasteiger partial charge in [-0.05, 0) is 25.0 Å². The van der Waals surface area contributed by atoms with Crippen molar-refractivity contribution in [3.63, 3.8) is 0 Å². The van der Waals surface area contributed by atoms with Gasteiger partial charge in [0.2, 0.25) is 0 Å². The number of aryl methyl sites for hydroxylation is 1. The lowest BCUT2D eigenvalue weighted by Crippen LogP contribution is -2.29. The van der Waals surface area contributed by atoms with E-state index in [-0.39, 0.29) is 6.04 Å². The van der Waals surface area contributed by atoms with E-state index < -0.39 is 0 Å². The molecule has 0 fully saturated rings. The molecule has 0 bridgehead atoms. The second-order valence-electron chi connectivity index (χ2n) is 3.80. The first kappa shape index (κ1) is 12.5. The van der Waals surface area contributed by atoms with E-state index in [9.17, 15) is 0 Å².